The SMILES string of the molecule is CC(C)OP(=O)(OC(C)C)C1c2ccccc2CCN1Cc1ccc(F)cc1. The summed E-state index contributed by atoms with van der Waals surface area (Å²) >= 11 is 0. The zero-order chi connectivity index (χ0) is 20.3. The highest BCUT2D eigenvalue weighted by Crippen LogP contribution is 2.65. The van der Waals surface area contributed by atoms with Gasteiger partial charge in [-0.15, -0.1) is 0 Å². The van der Waals surface area contributed by atoms with Gasteiger partial charge < -0.3 is 9.05 Å². The first-order valence-corrected chi connectivity index (χ1v) is 11.4. The van der Waals surface area contributed by atoms with E-state index in [1.807, 2.05) is 45.9 Å². The Balaban J connectivity index is 2.03. The van der Waals surface area contributed by atoms with Gasteiger partial charge in [0.15, 0.2) is 0 Å². The van der Waals surface area contributed by atoms with Crippen molar-refractivity contribution in [3.05, 3.63) is 71.0 Å². The van der Waals surface area contributed by atoms with Gasteiger partial charge in [0.2, 0.25) is 0 Å². The monoisotopic (exact) mass is 405 g/mol. The predicted molar refractivity (Wildman–Crippen MR) is 110 cm³/mol. The molecular formula is C22H29FNO3P. The minimum Gasteiger partial charge on any atom is -0.304 e. The second-order valence-corrected chi connectivity index (χ2v) is 9.76. The van der Waals surface area contributed by atoms with Gasteiger partial charge in [0, 0.05) is 13.1 Å². The summed E-state index contributed by atoms with van der Waals surface area (Å²) in [4.78, 5) is 2.14. The third kappa shape index (κ3) is 4.90. The smallest absolute Gasteiger partial charge is 0.304 e. The van der Waals surface area contributed by atoms with E-state index in [0.29, 0.717) is 6.54 Å². The van der Waals surface area contributed by atoms with E-state index in [-0.39, 0.29) is 18.0 Å². The van der Waals surface area contributed by atoms with E-state index in [0.717, 1.165) is 24.1 Å². The fourth-order valence-corrected chi connectivity index (χ4v) is 6.33. The Morgan fingerprint density at radius 3 is 2.25 bits per heavy atom. The molecule has 0 saturated carbocycles. The van der Waals surface area contributed by atoms with Crippen LogP contribution in [0.25, 0.3) is 0 Å². The molecule has 0 bridgehead atoms. The molecule has 0 fully saturated rings. The molecule has 0 radical (unpaired) electrons. The molecule has 1 aliphatic heterocycles. The van der Waals surface area contributed by atoms with Crippen LogP contribution in [0.4, 0.5) is 4.39 Å². The molecule has 0 saturated heterocycles. The first kappa shape index (κ1) is 21.2. The van der Waals surface area contributed by atoms with E-state index in [9.17, 15) is 8.96 Å². The van der Waals surface area contributed by atoms with Crippen LogP contribution in [0, 0.1) is 5.82 Å². The third-order valence-electron chi connectivity index (χ3n) is 4.66. The van der Waals surface area contributed by atoms with Gasteiger partial charge in [-0.1, -0.05) is 36.4 Å². The lowest BCUT2D eigenvalue weighted by Crippen LogP contribution is -2.36. The van der Waals surface area contributed by atoms with E-state index in [2.05, 4.69) is 11.0 Å². The molecule has 0 amide bonds. The molecule has 1 aliphatic rings. The fourth-order valence-electron chi connectivity index (χ4n) is 3.68. The minimum atomic E-state index is -3.49. The van der Waals surface area contributed by atoms with Gasteiger partial charge in [-0.3, -0.25) is 9.46 Å². The summed E-state index contributed by atoms with van der Waals surface area (Å²) in [5, 5.41) is 0. The maximum atomic E-state index is 14.1. The van der Waals surface area contributed by atoms with Crippen molar-refractivity contribution in [3.8, 4) is 0 Å². The van der Waals surface area contributed by atoms with Gasteiger partial charge in [0.1, 0.15) is 11.6 Å². The Bertz CT molecular complexity index is 824. The van der Waals surface area contributed by atoms with Gasteiger partial charge in [-0.25, -0.2) is 4.39 Å². The highest BCUT2D eigenvalue weighted by atomic mass is 31.2. The van der Waals surface area contributed by atoms with Gasteiger partial charge in [0.05, 0.1) is 12.2 Å². The number of nitrogens with zero attached hydrogens (tertiary/aromatic N) is 1. The van der Waals surface area contributed by atoms with Gasteiger partial charge in [-0.2, -0.15) is 0 Å². The maximum absolute atomic E-state index is 14.1. The van der Waals surface area contributed by atoms with E-state index in [4.69, 9.17) is 9.05 Å². The van der Waals surface area contributed by atoms with Crippen molar-refractivity contribution in [2.45, 2.75) is 58.7 Å². The lowest BCUT2D eigenvalue weighted by Gasteiger charge is -2.41. The zero-order valence-corrected chi connectivity index (χ0v) is 17.9. The van der Waals surface area contributed by atoms with E-state index < -0.39 is 13.4 Å². The molecule has 4 nitrogen and oxygen atoms in total. The normalized spacial score (nSPS) is 17.9. The average Bonchev–Trinajstić information content (AvgIpc) is 2.61. The summed E-state index contributed by atoms with van der Waals surface area (Å²) in [7, 11) is -3.49. The first-order chi connectivity index (χ1) is 13.3. The summed E-state index contributed by atoms with van der Waals surface area (Å²) in [6.45, 7) is 8.76. The summed E-state index contributed by atoms with van der Waals surface area (Å²) in [6, 6.07) is 14.5. The molecular weight excluding hydrogens is 376 g/mol. The van der Waals surface area contributed by atoms with Crippen LogP contribution >= 0.6 is 7.60 Å². The van der Waals surface area contributed by atoms with Crippen LogP contribution < -0.4 is 0 Å². The number of fused-ring (bicyclic) bond motifs is 1. The van der Waals surface area contributed by atoms with Gasteiger partial charge >= 0.3 is 7.60 Å². The molecule has 1 heterocycles. The van der Waals surface area contributed by atoms with Crippen molar-refractivity contribution in [2.24, 2.45) is 0 Å². The third-order valence-corrected chi connectivity index (χ3v) is 7.30. The molecule has 152 valence electrons. The second kappa shape index (κ2) is 8.87. The Labute approximate surface area is 167 Å². The van der Waals surface area contributed by atoms with Crippen molar-refractivity contribution >= 4 is 7.60 Å². The summed E-state index contributed by atoms with van der Waals surface area (Å²) in [6.07, 6.45) is 0.398. The molecule has 0 aromatic heterocycles. The number of halogens is 1. The number of hydrogen-bond acceptors (Lipinski definition) is 4. The Hall–Kier alpha value is -1.52. The van der Waals surface area contributed by atoms with Crippen LogP contribution in [0.5, 0.6) is 0 Å². The highest BCUT2D eigenvalue weighted by Gasteiger charge is 2.45. The second-order valence-electron chi connectivity index (χ2n) is 7.77. The molecule has 0 N–H and O–H groups in total. The van der Waals surface area contributed by atoms with E-state index >= 15 is 0 Å². The Kier molecular flexibility index (Phi) is 6.72. The number of hydrogen-bond donors (Lipinski definition) is 0. The van der Waals surface area contributed by atoms with Crippen molar-refractivity contribution in [2.75, 3.05) is 6.54 Å². The van der Waals surface area contributed by atoms with E-state index in [1.165, 1.54) is 17.7 Å². The van der Waals surface area contributed by atoms with Crippen LogP contribution in [-0.2, 0) is 26.6 Å². The van der Waals surface area contributed by atoms with Crippen LogP contribution in [-0.4, -0.2) is 23.7 Å². The van der Waals surface area contributed by atoms with E-state index in [1.54, 1.807) is 12.1 Å². The first-order valence-electron chi connectivity index (χ1n) is 9.81. The quantitative estimate of drug-likeness (QED) is 0.536. The van der Waals surface area contributed by atoms with Crippen molar-refractivity contribution in [1.29, 1.82) is 0 Å². The number of rotatable bonds is 7. The van der Waals surface area contributed by atoms with Crippen LogP contribution in [0.15, 0.2) is 48.5 Å². The molecule has 0 aliphatic carbocycles. The summed E-state index contributed by atoms with van der Waals surface area (Å²) in [5.41, 5.74) is 3.12. The van der Waals surface area contributed by atoms with Gasteiger partial charge in [-0.05, 0) is 62.9 Å². The Morgan fingerprint density at radius 2 is 1.64 bits per heavy atom. The van der Waals surface area contributed by atoms with Crippen LogP contribution in [0.1, 0.15) is 50.2 Å². The molecule has 6 heteroatoms. The van der Waals surface area contributed by atoms with Crippen molar-refractivity contribution < 1.29 is 18.0 Å². The van der Waals surface area contributed by atoms with Crippen LogP contribution in [0.3, 0.4) is 0 Å². The lowest BCUT2D eigenvalue weighted by molar-refractivity contribution is 0.106. The topological polar surface area (TPSA) is 38.8 Å². The standard InChI is InChI=1S/C22H29FNO3P/c1-16(2)26-28(25,27-17(3)4)22-21-8-6-5-7-19(21)13-14-24(22)15-18-9-11-20(23)12-10-18/h5-12,16-17,22H,13-15H2,1-4H3. The molecule has 2 aromatic rings. The minimum absolute atomic E-state index is 0.230. The molecule has 2 aromatic carbocycles. The molecule has 1 unspecified atom stereocenters. The fraction of sp³-hybridized carbons (Fsp3) is 0.455. The Morgan fingerprint density at radius 1 is 1.04 bits per heavy atom. The lowest BCUT2D eigenvalue weighted by atomic mass is 9.99. The van der Waals surface area contributed by atoms with Gasteiger partial charge in [0.25, 0.3) is 0 Å². The van der Waals surface area contributed by atoms with Crippen LogP contribution in [0.2, 0.25) is 0 Å². The number of benzene rings is 2. The maximum Gasteiger partial charge on any atom is 0.352 e. The molecule has 3 rings (SSSR count). The van der Waals surface area contributed by atoms with Crippen molar-refractivity contribution in [1.82, 2.24) is 4.90 Å². The largest absolute Gasteiger partial charge is 0.352 e. The molecule has 1 atom stereocenters. The average molecular weight is 405 g/mol. The molecule has 0 spiro atoms. The highest BCUT2D eigenvalue weighted by molar-refractivity contribution is 7.54. The predicted octanol–water partition coefficient (Wildman–Crippen LogP) is 5.93. The molecule has 28 heavy (non-hydrogen) atoms. The summed E-state index contributed by atoms with van der Waals surface area (Å²) < 4.78 is 39.3. The summed E-state index contributed by atoms with van der Waals surface area (Å²) in [5.74, 6) is -0.756. The zero-order valence-electron chi connectivity index (χ0n) is 17.0. The van der Waals surface area contributed by atoms with Crippen molar-refractivity contribution in [3.63, 3.8) is 0 Å².